The van der Waals surface area contributed by atoms with E-state index in [4.69, 9.17) is 14.4 Å². The zero-order valence-corrected chi connectivity index (χ0v) is 27.5. The predicted octanol–water partition coefficient (Wildman–Crippen LogP) is 7.40. The molecule has 3 N–H and O–H groups in total. The van der Waals surface area contributed by atoms with Gasteiger partial charge in [-0.25, -0.2) is 9.97 Å². The van der Waals surface area contributed by atoms with Gasteiger partial charge in [0.2, 0.25) is 5.89 Å². The topological polar surface area (TPSA) is 123 Å². The van der Waals surface area contributed by atoms with Crippen LogP contribution in [-0.2, 0) is 13.1 Å². The van der Waals surface area contributed by atoms with Crippen LogP contribution in [0, 0.1) is 25.2 Å². The van der Waals surface area contributed by atoms with Crippen LogP contribution in [0.2, 0.25) is 0 Å². The molecule has 4 heterocycles. The van der Waals surface area contributed by atoms with E-state index < -0.39 is 0 Å². The minimum Gasteiger partial charge on any atom is -0.435 e. The molecule has 1 atom stereocenters. The molecule has 1 saturated heterocycles. The number of fused-ring (bicyclic) bond motifs is 2. The summed E-state index contributed by atoms with van der Waals surface area (Å²) in [6, 6.07) is 22.6. The Morgan fingerprint density at radius 1 is 0.958 bits per heavy atom. The molecule has 0 spiro atoms. The highest BCUT2D eigenvalue weighted by Crippen LogP contribution is 2.37. The van der Waals surface area contributed by atoms with E-state index in [1.807, 2.05) is 49.6 Å². The number of aliphatic hydroxyl groups excluding tert-OH is 1. The molecule has 0 bridgehead atoms. The lowest BCUT2D eigenvalue weighted by Crippen LogP contribution is -2.28. The van der Waals surface area contributed by atoms with E-state index in [2.05, 4.69) is 70.8 Å². The summed E-state index contributed by atoms with van der Waals surface area (Å²) in [7, 11) is 0. The number of nitrogens with one attached hydrogen (secondary N) is 2. The van der Waals surface area contributed by atoms with E-state index in [0.717, 1.165) is 75.4 Å². The zero-order chi connectivity index (χ0) is 33.2. The molecule has 9 nitrogen and oxygen atoms in total. The number of nitrogens with zero attached hydrogens (tertiary/aromatic N) is 5. The average Bonchev–Trinajstić information content (AvgIpc) is 3.78. The highest BCUT2D eigenvalue weighted by Gasteiger charge is 2.19. The summed E-state index contributed by atoms with van der Waals surface area (Å²) in [5.41, 5.74) is 10.6. The quantitative estimate of drug-likeness (QED) is 0.141. The minimum atomic E-state index is -0.0562. The maximum absolute atomic E-state index is 9.88. The van der Waals surface area contributed by atoms with Crippen molar-refractivity contribution in [1.29, 1.82) is 5.26 Å². The predicted molar refractivity (Wildman–Crippen MR) is 190 cm³/mol. The normalized spacial score (nSPS) is 14.1. The van der Waals surface area contributed by atoms with Gasteiger partial charge in [0, 0.05) is 48.2 Å². The first-order chi connectivity index (χ1) is 23.4. The first-order valence-corrected chi connectivity index (χ1v) is 16.5. The lowest BCUT2D eigenvalue weighted by molar-refractivity contribution is 0.251. The van der Waals surface area contributed by atoms with Crippen molar-refractivity contribution in [1.82, 2.24) is 25.2 Å². The smallest absolute Gasteiger partial charge is 0.227 e. The Kier molecular flexibility index (Phi) is 8.87. The van der Waals surface area contributed by atoms with Crippen LogP contribution in [0.15, 0.2) is 77.5 Å². The van der Waals surface area contributed by atoms with E-state index >= 15 is 0 Å². The van der Waals surface area contributed by atoms with Gasteiger partial charge in [-0.2, -0.15) is 5.26 Å². The Morgan fingerprint density at radius 2 is 1.73 bits per heavy atom. The second-order valence-corrected chi connectivity index (χ2v) is 12.7. The number of hydrogen-bond acceptors (Lipinski definition) is 9. The third kappa shape index (κ3) is 6.26. The van der Waals surface area contributed by atoms with Crippen molar-refractivity contribution in [3.8, 4) is 28.7 Å². The number of benzene rings is 3. The van der Waals surface area contributed by atoms with Crippen LogP contribution < -0.4 is 10.6 Å². The van der Waals surface area contributed by atoms with Crippen LogP contribution in [0.1, 0.15) is 47.6 Å². The van der Waals surface area contributed by atoms with Crippen molar-refractivity contribution < 1.29 is 9.52 Å². The van der Waals surface area contributed by atoms with Crippen LogP contribution in [0.3, 0.4) is 0 Å². The van der Waals surface area contributed by atoms with Crippen molar-refractivity contribution in [3.05, 3.63) is 101 Å². The number of likely N-dealkylation sites (tertiary alicyclic amines) is 1. The number of oxazole rings is 1. The van der Waals surface area contributed by atoms with Crippen molar-refractivity contribution in [2.45, 2.75) is 52.7 Å². The largest absolute Gasteiger partial charge is 0.435 e. The van der Waals surface area contributed by atoms with Crippen LogP contribution in [0.25, 0.3) is 44.6 Å². The Labute approximate surface area is 280 Å². The zero-order valence-electron chi connectivity index (χ0n) is 27.5. The summed E-state index contributed by atoms with van der Waals surface area (Å²) in [5, 5.41) is 27.2. The van der Waals surface area contributed by atoms with E-state index in [0.29, 0.717) is 29.1 Å². The number of rotatable bonds is 10. The van der Waals surface area contributed by atoms with Gasteiger partial charge in [-0.3, -0.25) is 9.88 Å². The summed E-state index contributed by atoms with van der Waals surface area (Å²) < 4.78 is 6.24. The molecule has 7 rings (SSSR count). The molecule has 1 aliphatic heterocycles. The molecule has 9 heteroatoms. The maximum atomic E-state index is 9.88. The van der Waals surface area contributed by atoms with Crippen molar-refractivity contribution in [2.24, 2.45) is 0 Å². The second kappa shape index (κ2) is 13.5. The summed E-state index contributed by atoms with van der Waals surface area (Å²) in [5.74, 6) is 1.20. The number of hydrogen-bond donors (Lipinski definition) is 3. The molecular weight excluding hydrogens is 598 g/mol. The first kappa shape index (κ1) is 31.5. The van der Waals surface area contributed by atoms with Crippen LogP contribution in [0.5, 0.6) is 0 Å². The molecule has 0 aliphatic carbocycles. The van der Waals surface area contributed by atoms with E-state index in [-0.39, 0.29) is 12.6 Å². The van der Waals surface area contributed by atoms with Crippen LogP contribution in [-0.4, -0.2) is 50.7 Å². The number of aromatic nitrogens is 3. The van der Waals surface area contributed by atoms with Gasteiger partial charge in [0.15, 0.2) is 11.4 Å². The third-order valence-electron chi connectivity index (χ3n) is 9.30. The molecule has 6 aromatic rings. The highest BCUT2D eigenvalue weighted by atomic mass is 16.3. The van der Waals surface area contributed by atoms with E-state index in [1.54, 1.807) is 0 Å². The highest BCUT2D eigenvalue weighted by molar-refractivity contribution is 5.91. The molecule has 1 aliphatic rings. The Morgan fingerprint density at radius 3 is 2.52 bits per heavy atom. The van der Waals surface area contributed by atoms with E-state index in [9.17, 15) is 10.4 Å². The molecule has 0 radical (unpaired) electrons. The SMILES string of the molecule is Cc1c(Nc2nccc3cc(CN4CCCC4)cnc23)cccc1-c1cccc(-c2nc3cc(CN[C@@H](C)CO)cc(C#N)c3o2)c1C. The molecule has 0 saturated carbocycles. The lowest BCUT2D eigenvalue weighted by atomic mass is 9.93. The second-order valence-electron chi connectivity index (χ2n) is 12.7. The van der Waals surface area contributed by atoms with Gasteiger partial charge in [0.25, 0.3) is 0 Å². The Bertz CT molecular complexity index is 2160. The number of nitriles is 1. The van der Waals surface area contributed by atoms with Crippen LogP contribution >= 0.6 is 0 Å². The van der Waals surface area contributed by atoms with Crippen LogP contribution in [0.4, 0.5) is 11.5 Å². The van der Waals surface area contributed by atoms with E-state index in [1.165, 1.54) is 18.4 Å². The Hall–Kier alpha value is -5.14. The molecule has 0 amide bonds. The minimum absolute atomic E-state index is 0.0343. The third-order valence-corrected chi connectivity index (χ3v) is 9.30. The van der Waals surface area contributed by atoms with Gasteiger partial charge in [0.1, 0.15) is 17.1 Å². The number of anilines is 2. The molecule has 48 heavy (non-hydrogen) atoms. The van der Waals surface area contributed by atoms with Gasteiger partial charge in [-0.05, 0) is 116 Å². The fourth-order valence-corrected chi connectivity index (χ4v) is 6.58. The van der Waals surface area contributed by atoms with Gasteiger partial charge in [-0.15, -0.1) is 0 Å². The summed E-state index contributed by atoms with van der Waals surface area (Å²) in [6.45, 7) is 9.88. The fraction of sp³-hybridized carbons (Fsp3) is 0.282. The van der Waals surface area contributed by atoms with Crippen molar-refractivity contribution in [3.63, 3.8) is 0 Å². The molecule has 3 aromatic heterocycles. The number of pyridine rings is 2. The summed E-state index contributed by atoms with van der Waals surface area (Å²) >= 11 is 0. The number of aliphatic hydroxyl groups is 1. The molecule has 242 valence electrons. The van der Waals surface area contributed by atoms with Crippen molar-refractivity contribution >= 4 is 33.5 Å². The van der Waals surface area contributed by atoms with Gasteiger partial charge in [-0.1, -0.05) is 24.3 Å². The summed E-state index contributed by atoms with van der Waals surface area (Å²) in [6.07, 6.45) is 6.36. The summed E-state index contributed by atoms with van der Waals surface area (Å²) in [4.78, 5) is 16.8. The van der Waals surface area contributed by atoms with Crippen molar-refractivity contribution in [2.75, 3.05) is 25.0 Å². The lowest BCUT2D eigenvalue weighted by Gasteiger charge is -2.17. The molecule has 1 fully saturated rings. The monoisotopic (exact) mass is 637 g/mol. The average molecular weight is 638 g/mol. The maximum Gasteiger partial charge on any atom is 0.227 e. The fourth-order valence-electron chi connectivity index (χ4n) is 6.58. The molecule has 0 unspecified atom stereocenters. The Balaban J connectivity index is 1.19. The molecule has 3 aromatic carbocycles. The van der Waals surface area contributed by atoms with Gasteiger partial charge >= 0.3 is 0 Å². The van der Waals surface area contributed by atoms with Gasteiger partial charge in [0.05, 0.1) is 12.2 Å². The van der Waals surface area contributed by atoms with Gasteiger partial charge < -0.3 is 20.2 Å². The first-order valence-electron chi connectivity index (χ1n) is 16.5. The molecular formula is C39H39N7O2. The standard InChI is InChI=1S/C39H39N7O2/c1-24(23-47)42-20-27-16-30(19-40)37-35(18-27)45-39(48-37)33-10-6-8-31(25(33)2)32-9-7-11-34(26(32)3)44-38-36-29(12-13-41-38)17-28(21-43-36)22-46-14-4-5-15-46/h6-13,16-18,21,24,42,47H,4-5,14-15,20,22-23H2,1-3H3,(H,41,44)/t24-/m0/s1.